The van der Waals surface area contributed by atoms with Crippen LogP contribution in [0.3, 0.4) is 0 Å². The van der Waals surface area contributed by atoms with E-state index in [1.165, 1.54) is 37.7 Å². The molecular weight excluding hydrogens is 272 g/mol. The second kappa shape index (κ2) is 7.26. The maximum Gasteiger partial charge on any atom is 0.338 e. The summed E-state index contributed by atoms with van der Waals surface area (Å²) >= 11 is 0. The number of hydrogen-bond acceptors (Lipinski definition) is 2. The Hall–Kier alpha value is -2.09. The molecule has 0 aromatic heterocycles. The molecule has 0 spiro atoms. The molecule has 0 aliphatic heterocycles. The number of rotatable bonds is 4. The zero-order valence-corrected chi connectivity index (χ0v) is 12.8. The van der Waals surface area contributed by atoms with Crippen LogP contribution in [0.5, 0.6) is 0 Å². The molecule has 0 atom stereocenters. The van der Waals surface area contributed by atoms with Gasteiger partial charge in [-0.15, -0.1) is 0 Å². The summed E-state index contributed by atoms with van der Waals surface area (Å²) in [5.41, 5.74) is 2.93. The van der Waals surface area contributed by atoms with Crippen LogP contribution in [0.15, 0.2) is 54.6 Å². The third-order valence-corrected chi connectivity index (χ3v) is 4.44. The van der Waals surface area contributed by atoms with Gasteiger partial charge in [-0.2, -0.15) is 0 Å². The average Bonchev–Trinajstić information content (AvgIpc) is 2.61. The first-order valence-corrected chi connectivity index (χ1v) is 8.14. The Kier molecular flexibility index (Phi) is 4.89. The Morgan fingerprint density at radius 1 is 0.909 bits per heavy atom. The number of ether oxygens (including phenoxy) is 1. The summed E-state index contributed by atoms with van der Waals surface area (Å²) in [6, 6.07) is 17.8. The third-order valence-electron chi connectivity index (χ3n) is 4.44. The highest BCUT2D eigenvalue weighted by molar-refractivity contribution is 5.91. The summed E-state index contributed by atoms with van der Waals surface area (Å²) in [5, 5.41) is 0. The fourth-order valence-corrected chi connectivity index (χ4v) is 3.25. The Bertz CT molecular complexity index is 613. The van der Waals surface area contributed by atoms with Crippen molar-refractivity contribution in [1.29, 1.82) is 0 Å². The molecule has 2 aromatic carbocycles. The summed E-state index contributed by atoms with van der Waals surface area (Å²) in [6.45, 7) is 0.332. The van der Waals surface area contributed by atoms with Crippen molar-refractivity contribution in [3.63, 3.8) is 0 Å². The predicted octanol–water partition coefficient (Wildman–Crippen LogP) is 5.09. The molecule has 2 heteroatoms. The van der Waals surface area contributed by atoms with Crippen LogP contribution in [0.1, 0.15) is 59.5 Å². The van der Waals surface area contributed by atoms with Crippen molar-refractivity contribution in [3.05, 3.63) is 71.3 Å². The van der Waals surface area contributed by atoms with Crippen LogP contribution in [-0.2, 0) is 11.3 Å². The van der Waals surface area contributed by atoms with Gasteiger partial charge in [-0.25, -0.2) is 4.79 Å². The Labute approximate surface area is 132 Å². The molecular formula is C20H22O2. The maximum absolute atomic E-state index is 12.5. The standard InChI is InChI=1S/C20H22O2/c21-20(22-15-16-9-3-1-4-10-16)19-14-8-7-13-18(19)17-11-5-2-6-12-17/h1,3-4,7-10,13-14,17H,2,5-6,11-12,15H2. The van der Waals surface area contributed by atoms with Crippen LogP contribution in [-0.4, -0.2) is 5.97 Å². The first-order chi connectivity index (χ1) is 10.8. The number of esters is 1. The van der Waals surface area contributed by atoms with E-state index in [0.29, 0.717) is 12.5 Å². The molecule has 2 nitrogen and oxygen atoms in total. The zero-order chi connectivity index (χ0) is 15.2. The van der Waals surface area contributed by atoms with Gasteiger partial charge in [0, 0.05) is 0 Å². The van der Waals surface area contributed by atoms with E-state index in [4.69, 9.17) is 4.74 Å². The maximum atomic E-state index is 12.5. The smallest absolute Gasteiger partial charge is 0.338 e. The number of benzene rings is 2. The van der Waals surface area contributed by atoms with Crippen LogP contribution in [0.25, 0.3) is 0 Å². The highest BCUT2D eigenvalue weighted by Crippen LogP contribution is 2.34. The van der Waals surface area contributed by atoms with Crippen molar-refractivity contribution in [1.82, 2.24) is 0 Å². The van der Waals surface area contributed by atoms with Gasteiger partial charge < -0.3 is 4.74 Å². The van der Waals surface area contributed by atoms with E-state index >= 15 is 0 Å². The fraction of sp³-hybridized carbons (Fsp3) is 0.350. The van der Waals surface area contributed by atoms with Crippen molar-refractivity contribution in [2.45, 2.75) is 44.6 Å². The fourth-order valence-electron chi connectivity index (χ4n) is 3.25. The van der Waals surface area contributed by atoms with Gasteiger partial charge in [0.15, 0.2) is 0 Å². The molecule has 1 aliphatic carbocycles. The summed E-state index contributed by atoms with van der Waals surface area (Å²) in [6.07, 6.45) is 6.21. The number of carbonyl (C=O) groups is 1. The Balaban J connectivity index is 1.72. The van der Waals surface area contributed by atoms with E-state index in [0.717, 1.165) is 11.1 Å². The highest BCUT2D eigenvalue weighted by atomic mass is 16.5. The minimum atomic E-state index is -0.204. The minimum Gasteiger partial charge on any atom is -0.457 e. The first-order valence-electron chi connectivity index (χ1n) is 8.14. The number of hydrogen-bond donors (Lipinski definition) is 0. The van der Waals surface area contributed by atoms with E-state index in [9.17, 15) is 4.79 Å². The van der Waals surface area contributed by atoms with Crippen LogP contribution in [0, 0.1) is 0 Å². The second-order valence-electron chi connectivity index (χ2n) is 5.98. The normalized spacial score (nSPS) is 15.5. The van der Waals surface area contributed by atoms with Crippen LogP contribution in [0.4, 0.5) is 0 Å². The van der Waals surface area contributed by atoms with E-state index in [1.807, 2.05) is 48.5 Å². The summed E-state index contributed by atoms with van der Waals surface area (Å²) < 4.78 is 5.51. The van der Waals surface area contributed by atoms with Crippen LogP contribution in [0.2, 0.25) is 0 Å². The minimum absolute atomic E-state index is 0.204. The van der Waals surface area contributed by atoms with E-state index in [1.54, 1.807) is 0 Å². The quantitative estimate of drug-likeness (QED) is 0.734. The van der Waals surface area contributed by atoms with Gasteiger partial charge in [0.25, 0.3) is 0 Å². The lowest BCUT2D eigenvalue weighted by Crippen LogP contribution is -2.13. The SMILES string of the molecule is O=C(OCc1ccccc1)c1ccccc1C1CCCCC1. The largest absolute Gasteiger partial charge is 0.457 e. The lowest BCUT2D eigenvalue weighted by Gasteiger charge is -2.23. The molecule has 0 radical (unpaired) electrons. The molecule has 0 N–H and O–H groups in total. The lowest BCUT2D eigenvalue weighted by atomic mass is 9.82. The summed E-state index contributed by atoms with van der Waals surface area (Å²) in [4.78, 5) is 12.5. The van der Waals surface area contributed by atoms with Gasteiger partial charge in [0.2, 0.25) is 0 Å². The molecule has 0 bridgehead atoms. The molecule has 2 aromatic rings. The predicted molar refractivity (Wildman–Crippen MR) is 87.8 cm³/mol. The molecule has 0 unspecified atom stereocenters. The highest BCUT2D eigenvalue weighted by Gasteiger charge is 2.21. The molecule has 1 fully saturated rings. The molecule has 0 heterocycles. The zero-order valence-electron chi connectivity index (χ0n) is 12.8. The van der Waals surface area contributed by atoms with Gasteiger partial charge >= 0.3 is 5.97 Å². The average molecular weight is 294 g/mol. The Morgan fingerprint density at radius 2 is 1.59 bits per heavy atom. The third kappa shape index (κ3) is 3.56. The van der Waals surface area contributed by atoms with Gasteiger partial charge in [0.1, 0.15) is 6.61 Å². The van der Waals surface area contributed by atoms with Gasteiger partial charge in [-0.05, 0) is 36.0 Å². The lowest BCUT2D eigenvalue weighted by molar-refractivity contribution is 0.0470. The first kappa shape index (κ1) is 14.8. The number of carbonyl (C=O) groups excluding carboxylic acids is 1. The van der Waals surface area contributed by atoms with Gasteiger partial charge in [-0.3, -0.25) is 0 Å². The molecule has 22 heavy (non-hydrogen) atoms. The van der Waals surface area contributed by atoms with Crippen molar-refractivity contribution in [3.8, 4) is 0 Å². The molecule has 3 rings (SSSR count). The topological polar surface area (TPSA) is 26.3 Å². The monoisotopic (exact) mass is 294 g/mol. The molecule has 1 saturated carbocycles. The molecule has 1 aliphatic rings. The summed E-state index contributed by atoms with van der Waals surface area (Å²) in [7, 11) is 0. The molecule has 0 saturated heterocycles. The van der Waals surface area contributed by atoms with E-state index in [2.05, 4.69) is 6.07 Å². The van der Waals surface area contributed by atoms with E-state index in [-0.39, 0.29) is 5.97 Å². The Morgan fingerprint density at radius 3 is 2.36 bits per heavy atom. The van der Waals surface area contributed by atoms with Crippen molar-refractivity contribution >= 4 is 5.97 Å². The second-order valence-corrected chi connectivity index (χ2v) is 5.98. The van der Waals surface area contributed by atoms with Gasteiger partial charge in [0.05, 0.1) is 5.56 Å². The summed E-state index contributed by atoms with van der Waals surface area (Å²) in [5.74, 6) is 0.305. The van der Waals surface area contributed by atoms with E-state index < -0.39 is 0 Å². The van der Waals surface area contributed by atoms with Gasteiger partial charge in [-0.1, -0.05) is 67.8 Å². The molecule has 114 valence electrons. The van der Waals surface area contributed by atoms with Crippen LogP contribution >= 0.6 is 0 Å². The van der Waals surface area contributed by atoms with Crippen molar-refractivity contribution < 1.29 is 9.53 Å². The molecule has 0 amide bonds. The van der Waals surface area contributed by atoms with Crippen molar-refractivity contribution in [2.24, 2.45) is 0 Å². The van der Waals surface area contributed by atoms with Crippen molar-refractivity contribution in [2.75, 3.05) is 0 Å². The van der Waals surface area contributed by atoms with Crippen LogP contribution < -0.4 is 0 Å².